The molecule has 3 fully saturated rings. The van der Waals surface area contributed by atoms with Gasteiger partial charge in [-0.25, -0.2) is 0 Å². The molecule has 3 heterocycles. The van der Waals surface area contributed by atoms with E-state index in [1.807, 2.05) is 30.3 Å². The zero-order valence-corrected chi connectivity index (χ0v) is 11.8. The number of rotatable bonds is 4. The average Bonchev–Trinajstić information content (AvgIpc) is 2.49. The summed E-state index contributed by atoms with van der Waals surface area (Å²) in [5, 5.41) is 3.19. The molecule has 3 aliphatic heterocycles. The molecule has 2 bridgehead atoms. The van der Waals surface area contributed by atoms with Gasteiger partial charge in [-0.3, -0.25) is 4.79 Å². The number of nitrogens with two attached hydrogens (primary N) is 1. The maximum Gasteiger partial charge on any atom is 0.222 e. The third-order valence-corrected chi connectivity index (χ3v) is 4.64. The lowest BCUT2D eigenvalue weighted by molar-refractivity contribution is -0.123. The molecule has 2 atom stereocenters. The molecule has 1 amide bonds. The maximum atomic E-state index is 12.2. The lowest BCUT2D eigenvalue weighted by Gasteiger charge is -2.45. The number of fused-ring (bicyclic) bond motifs is 3. The Bertz CT molecular complexity index is 454. The molecule has 4 rings (SSSR count). The van der Waals surface area contributed by atoms with Crippen LogP contribution in [0.15, 0.2) is 30.3 Å². The van der Waals surface area contributed by atoms with Crippen LogP contribution in [0, 0.1) is 5.92 Å². The van der Waals surface area contributed by atoms with Gasteiger partial charge in [-0.2, -0.15) is 0 Å². The van der Waals surface area contributed by atoms with E-state index in [-0.39, 0.29) is 11.9 Å². The van der Waals surface area contributed by atoms with Crippen molar-refractivity contribution in [2.45, 2.75) is 31.3 Å². The molecule has 108 valence electrons. The first-order chi connectivity index (χ1) is 9.72. The lowest BCUT2D eigenvalue weighted by Crippen LogP contribution is -2.57. The van der Waals surface area contributed by atoms with E-state index in [1.165, 1.54) is 25.9 Å². The van der Waals surface area contributed by atoms with Crippen molar-refractivity contribution < 1.29 is 4.79 Å². The minimum Gasteiger partial charge on any atom is -0.352 e. The minimum atomic E-state index is -0.211. The smallest absolute Gasteiger partial charge is 0.222 e. The van der Waals surface area contributed by atoms with Crippen LogP contribution >= 0.6 is 0 Å². The molecule has 0 spiro atoms. The molecule has 0 saturated carbocycles. The number of benzene rings is 1. The highest BCUT2D eigenvalue weighted by Gasteiger charge is 2.34. The molecular formula is C16H23N3O. The van der Waals surface area contributed by atoms with Crippen LogP contribution in [0.4, 0.5) is 0 Å². The Labute approximate surface area is 120 Å². The van der Waals surface area contributed by atoms with E-state index >= 15 is 0 Å². The first-order valence-electron chi connectivity index (χ1n) is 7.54. The standard InChI is InChI=1S/C16H23N3O/c17-14(12-4-2-1-3-5-12)10-16(20)18-15-11-19-8-6-13(15)7-9-19/h1-5,13-15H,6-11,17H2,(H,18,20). The second kappa shape index (κ2) is 5.94. The number of hydrogen-bond acceptors (Lipinski definition) is 3. The summed E-state index contributed by atoms with van der Waals surface area (Å²) in [7, 11) is 0. The zero-order valence-electron chi connectivity index (χ0n) is 11.8. The highest BCUT2D eigenvalue weighted by Crippen LogP contribution is 2.27. The predicted molar refractivity (Wildman–Crippen MR) is 79.1 cm³/mol. The van der Waals surface area contributed by atoms with Crippen molar-refractivity contribution in [1.82, 2.24) is 10.2 Å². The minimum absolute atomic E-state index is 0.0834. The molecule has 20 heavy (non-hydrogen) atoms. The Balaban J connectivity index is 1.52. The van der Waals surface area contributed by atoms with Gasteiger partial charge in [-0.15, -0.1) is 0 Å². The summed E-state index contributed by atoms with van der Waals surface area (Å²) >= 11 is 0. The number of hydrogen-bond donors (Lipinski definition) is 2. The largest absolute Gasteiger partial charge is 0.352 e. The van der Waals surface area contributed by atoms with Gasteiger partial charge in [0.1, 0.15) is 0 Å². The van der Waals surface area contributed by atoms with Crippen LogP contribution in [-0.4, -0.2) is 36.5 Å². The van der Waals surface area contributed by atoms with Crippen LogP contribution in [0.25, 0.3) is 0 Å². The molecule has 3 saturated heterocycles. The molecule has 1 aromatic carbocycles. The summed E-state index contributed by atoms with van der Waals surface area (Å²) in [5.41, 5.74) is 7.13. The molecule has 0 radical (unpaired) electrons. The molecular weight excluding hydrogens is 250 g/mol. The van der Waals surface area contributed by atoms with Crippen molar-refractivity contribution >= 4 is 5.91 Å². The molecule has 4 heteroatoms. The van der Waals surface area contributed by atoms with Gasteiger partial charge in [-0.1, -0.05) is 30.3 Å². The van der Waals surface area contributed by atoms with Crippen LogP contribution in [0.2, 0.25) is 0 Å². The predicted octanol–water partition coefficient (Wildman–Crippen LogP) is 1.29. The summed E-state index contributed by atoms with van der Waals surface area (Å²) in [6.45, 7) is 3.40. The monoisotopic (exact) mass is 273 g/mol. The maximum absolute atomic E-state index is 12.2. The number of nitrogens with zero attached hydrogens (tertiary/aromatic N) is 1. The van der Waals surface area contributed by atoms with Gasteiger partial charge < -0.3 is 16.0 Å². The first-order valence-corrected chi connectivity index (χ1v) is 7.54. The normalized spacial score (nSPS) is 29.9. The van der Waals surface area contributed by atoms with Crippen LogP contribution in [0.5, 0.6) is 0 Å². The third-order valence-electron chi connectivity index (χ3n) is 4.64. The summed E-state index contributed by atoms with van der Waals surface area (Å²) in [6, 6.07) is 9.95. The van der Waals surface area contributed by atoms with Gasteiger partial charge in [-0.05, 0) is 37.4 Å². The van der Waals surface area contributed by atoms with Gasteiger partial charge in [0.05, 0.1) is 0 Å². The van der Waals surface area contributed by atoms with Crippen LogP contribution in [0.3, 0.4) is 0 Å². The molecule has 3 N–H and O–H groups in total. The van der Waals surface area contributed by atoms with E-state index in [0.29, 0.717) is 18.4 Å². The summed E-state index contributed by atoms with van der Waals surface area (Å²) < 4.78 is 0. The lowest BCUT2D eigenvalue weighted by atomic mass is 9.84. The second-order valence-corrected chi connectivity index (χ2v) is 6.03. The first kappa shape index (κ1) is 13.6. The van der Waals surface area contributed by atoms with Gasteiger partial charge in [0.2, 0.25) is 5.91 Å². The molecule has 4 nitrogen and oxygen atoms in total. The van der Waals surface area contributed by atoms with Gasteiger partial charge in [0.25, 0.3) is 0 Å². The van der Waals surface area contributed by atoms with Crippen molar-refractivity contribution in [2.75, 3.05) is 19.6 Å². The van der Waals surface area contributed by atoms with Gasteiger partial charge >= 0.3 is 0 Å². The number of carbonyl (C=O) groups is 1. The van der Waals surface area contributed by atoms with Crippen LogP contribution < -0.4 is 11.1 Å². The molecule has 1 aromatic rings. The number of nitrogens with one attached hydrogen (secondary N) is 1. The van der Waals surface area contributed by atoms with Crippen LogP contribution in [0.1, 0.15) is 30.9 Å². The summed E-state index contributed by atoms with van der Waals surface area (Å²) in [6.07, 6.45) is 2.80. The van der Waals surface area contributed by atoms with Crippen LogP contribution in [-0.2, 0) is 4.79 Å². The molecule has 3 aliphatic rings. The van der Waals surface area contributed by atoms with Crippen molar-refractivity contribution in [2.24, 2.45) is 11.7 Å². The van der Waals surface area contributed by atoms with Crippen molar-refractivity contribution in [3.05, 3.63) is 35.9 Å². The zero-order chi connectivity index (χ0) is 13.9. The van der Waals surface area contributed by atoms with Crippen molar-refractivity contribution in [3.63, 3.8) is 0 Å². The number of carbonyl (C=O) groups excluding carboxylic acids is 1. The van der Waals surface area contributed by atoms with E-state index in [1.54, 1.807) is 0 Å². The molecule has 2 unspecified atom stereocenters. The fourth-order valence-corrected chi connectivity index (χ4v) is 3.41. The Morgan fingerprint density at radius 2 is 2.00 bits per heavy atom. The highest BCUT2D eigenvalue weighted by molar-refractivity contribution is 5.77. The fourth-order valence-electron chi connectivity index (χ4n) is 3.41. The van der Waals surface area contributed by atoms with E-state index in [0.717, 1.165) is 12.1 Å². The number of piperidine rings is 3. The SMILES string of the molecule is NC(CC(=O)NC1CN2CCC1CC2)c1ccccc1. The Morgan fingerprint density at radius 3 is 2.60 bits per heavy atom. The Morgan fingerprint density at radius 1 is 1.30 bits per heavy atom. The van der Waals surface area contributed by atoms with E-state index in [4.69, 9.17) is 5.73 Å². The average molecular weight is 273 g/mol. The van der Waals surface area contributed by atoms with E-state index < -0.39 is 0 Å². The van der Waals surface area contributed by atoms with E-state index in [2.05, 4.69) is 10.2 Å². The third kappa shape index (κ3) is 3.02. The number of amides is 1. The van der Waals surface area contributed by atoms with Crippen molar-refractivity contribution in [1.29, 1.82) is 0 Å². The quantitative estimate of drug-likeness (QED) is 0.869. The highest BCUT2D eigenvalue weighted by atomic mass is 16.1. The second-order valence-electron chi connectivity index (χ2n) is 6.03. The Hall–Kier alpha value is -1.39. The van der Waals surface area contributed by atoms with Crippen molar-refractivity contribution in [3.8, 4) is 0 Å². The molecule has 0 aromatic heterocycles. The topological polar surface area (TPSA) is 58.4 Å². The summed E-state index contributed by atoms with van der Waals surface area (Å²) in [5.74, 6) is 0.747. The Kier molecular flexibility index (Phi) is 4.03. The van der Waals surface area contributed by atoms with Gasteiger partial charge in [0, 0.05) is 25.0 Å². The molecule has 0 aliphatic carbocycles. The summed E-state index contributed by atoms with van der Waals surface area (Å²) in [4.78, 5) is 14.6. The van der Waals surface area contributed by atoms with E-state index in [9.17, 15) is 4.79 Å². The van der Waals surface area contributed by atoms with Gasteiger partial charge in [0.15, 0.2) is 0 Å². The fraction of sp³-hybridized carbons (Fsp3) is 0.562.